The monoisotopic (exact) mass is 238 g/mol. The van der Waals surface area contributed by atoms with Gasteiger partial charge in [-0.25, -0.2) is 0 Å². The number of hydrogen-bond donors (Lipinski definition) is 1. The number of nitrogens with zero attached hydrogens (tertiary/aromatic N) is 1. The fourth-order valence-electron chi connectivity index (χ4n) is 3.13. The van der Waals surface area contributed by atoms with Gasteiger partial charge in [0.05, 0.1) is 6.04 Å². The number of carbonyl (C=O) groups is 1. The highest BCUT2D eigenvalue weighted by molar-refractivity contribution is 5.84. The van der Waals surface area contributed by atoms with Gasteiger partial charge in [0.1, 0.15) is 0 Å². The Morgan fingerprint density at radius 3 is 2.59 bits per heavy atom. The largest absolute Gasteiger partial charge is 0.338 e. The molecule has 1 unspecified atom stereocenters. The van der Waals surface area contributed by atoms with Crippen molar-refractivity contribution in [1.82, 2.24) is 10.2 Å². The molecule has 3 nitrogen and oxygen atoms in total. The van der Waals surface area contributed by atoms with Crippen LogP contribution in [0.1, 0.15) is 52.4 Å². The molecule has 1 aliphatic carbocycles. The molecule has 0 bridgehead atoms. The standard InChI is InChI=1S/C14H26N2O/c1-3-9-15-13-8-10-16(14(13)17)12-6-4-11(2)5-7-12/h11-13,15H,3-10H2,1-2H3. The molecule has 1 amide bonds. The molecule has 1 heterocycles. The van der Waals surface area contributed by atoms with E-state index in [0.29, 0.717) is 11.9 Å². The SMILES string of the molecule is CCCNC1CCN(C2CCC(C)CC2)C1=O. The lowest BCUT2D eigenvalue weighted by Crippen LogP contribution is -2.44. The van der Waals surface area contributed by atoms with Gasteiger partial charge in [0.25, 0.3) is 0 Å². The second-order valence-electron chi connectivity index (χ2n) is 5.74. The smallest absolute Gasteiger partial charge is 0.240 e. The molecule has 0 spiro atoms. The number of rotatable bonds is 4. The van der Waals surface area contributed by atoms with Crippen LogP contribution in [0.5, 0.6) is 0 Å². The molecule has 0 aromatic rings. The van der Waals surface area contributed by atoms with Gasteiger partial charge in [0.15, 0.2) is 0 Å². The lowest BCUT2D eigenvalue weighted by atomic mass is 9.87. The Balaban J connectivity index is 1.84. The van der Waals surface area contributed by atoms with Crippen LogP contribution in [-0.4, -0.2) is 36.0 Å². The quantitative estimate of drug-likeness (QED) is 0.814. The van der Waals surface area contributed by atoms with Crippen LogP contribution in [0.2, 0.25) is 0 Å². The van der Waals surface area contributed by atoms with Crippen molar-refractivity contribution >= 4 is 5.91 Å². The first-order valence-electron chi connectivity index (χ1n) is 7.26. The minimum absolute atomic E-state index is 0.106. The third-order valence-electron chi connectivity index (χ3n) is 4.31. The normalized spacial score (nSPS) is 34.4. The van der Waals surface area contributed by atoms with Crippen molar-refractivity contribution in [1.29, 1.82) is 0 Å². The Morgan fingerprint density at radius 1 is 1.24 bits per heavy atom. The van der Waals surface area contributed by atoms with Crippen LogP contribution < -0.4 is 5.32 Å². The van der Waals surface area contributed by atoms with Gasteiger partial charge in [-0.2, -0.15) is 0 Å². The molecule has 0 radical (unpaired) electrons. The molecule has 1 saturated heterocycles. The number of likely N-dealkylation sites (tertiary alicyclic amines) is 1. The molecule has 1 aliphatic heterocycles. The zero-order chi connectivity index (χ0) is 12.3. The molecular weight excluding hydrogens is 212 g/mol. The maximum Gasteiger partial charge on any atom is 0.240 e. The van der Waals surface area contributed by atoms with Gasteiger partial charge in [0, 0.05) is 12.6 Å². The van der Waals surface area contributed by atoms with Crippen molar-refractivity contribution < 1.29 is 4.79 Å². The highest BCUT2D eigenvalue weighted by Crippen LogP contribution is 2.29. The van der Waals surface area contributed by atoms with Crippen molar-refractivity contribution in [2.75, 3.05) is 13.1 Å². The highest BCUT2D eigenvalue weighted by Gasteiger charge is 2.36. The summed E-state index contributed by atoms with van der Waals surface area (Å²) in [5, 5.41) is 3.37. The van der Waals surface area contributed by atoms with Gasteiger partial charge < -0.3 is 10.2 Å². The number of hydrogen-bond acceptors (Lipinski definition) is 2. The average Bonchev–Trinajstić information content (AvgIpc) is 2.69. The molecule has 17 heavy (non-hydrogen) atoms. The molecule has 98 valence electrons. The van der Waals surface area contributed by atoms with E-state index in [-0.39, 0.29) is 6.04 Å². The first kappa shape index (κ1) is 12.9. The maximum absolute atomic E-state index is 12.3. The summed E-state index contributed by atoms with van der Waals surface area (Å²) in [6, 6.07) is 0.640. The molecule has 1 N–H and O–H groups in total. The third kappa shape index (κ3) is 3.01. The predicted octanol–water partition coefficient (Wildman–Crippen LogP) is 2.17. The molecule has 0 aromatic heterocycles. The van der Waals surface area contributed by atoms with Crippen LogP contribution >= 0.6 is 0 Å². The maximum atomic E-state index is 12.3. The van der Waals surface area contributed by atoms with Crippen LogP contribution in [0.3, 0.4) is 0 Å². The van der Waals surface area contributed by atoms with Crippen LogP contribution in [-0.2, 0) is 4.79 Å². The van der Waals surface area contributed by atoms with E-state index in [0.717, 1.165) is 31.8 Å². The highest BCUT2D eigenvalue weighted by atomic mass is 16.2. The summed E-state index contributed by atoms with van der Waals surface area (Å²) >= 11 is 0. The first-order chi connectivity index (χ1) is 8.22. The number of amides is 1. The van der Waals surface area contributed by atoms with E-state index in [1.54, 1.807) is 0 Å². The van der Waals surface area contributed by atoms with Crippen LogP contribution in [0.15, 0.2) is 0 Å². The lowest BCUT2D eigenvalue weighted by molar-refractivity contribution is -0.132. The summed E-state index contributed by atoms with van der Waals surface area (Å²) < 4.78 is 0. The van der Waals surface area contributed by atoms with Crippen molar-refractivity contribution in [3.63, 3.8) is 0 Å². The van der Waals surface area contributed by atoms with E-state index in [4.69, 9.17) is 0 Å². The van der Waals surface area contributed by atoms with Gasteiger partial charge in [-0.1, -0.05) is 13.8 Å². The van der Waals surface area contributed by atoms with E-state index in [9.17, 15) is 4.79 Å². The van der Waals surface area contributed by atoms with Gasteiger partial charge in [-0.3, -0.25) is 4.79 Å². The van der Waals surface area contributed by atoms with E-state index in [1.165, 1.54) is 25.7 Å². The zero-order valence-electron chi connectivity index (χ0n) is 11.2. The third-order valence-corrected chi connectivity index (χ3v) is 4.31. The van der Waals surface area contributed by atoms with Crippen LogP contribution in [0.4, 0.5) is 0 Å². The van der Waals surface area contributed by atoms with Gasteiger partial charge in [-0.15, -0.1) is 0 Å². The fraction of sp³-hybridized carbons (Fsp3) is 0.929. The Bertz CT molecular complexity index is 259. The zero-order valence-corrected chi connectivity index (χ0v) is 11.2. The van der Waals surface area contributed by atoms with Crippen molar-refractivity contribution in [2.24, 2.45) is 5.92 Å². The minimum atomic E-state index is 0.106. The average molecular weight is 238 g/mol. The van der Waals surface area contributed by atoms with E-state index in [1.807, 2.05) is 0 Å². The Labute approximate surface area is 105 Å². The molecule has 3 heteroatoms. The topological polar surface area (TPSA) is 32.3 Å². The van der Waals surface area contributed by atoms with Gasteiger partial charge in [-0.05, 0) is 51.0 Å². The Morgan fingerprint density at radius 2 is 1.94 bits per heavy atom. The van der Waals surface area contributed by atoms with Crippen molar-refractivity contribution in [3.8, 4) is 0 Å². The molecule has 0 aromatic carbocycles. The summed E-state index contributed by atoms with van der Waals surface area (Å²) in [6.45, 7) is 6.41. The molecular formula is C14H26N2O. The summed E-state index contributed by atoms with van der Waals surface area (Å²) in [5.41, 5.74) is 0. The van der Waals surface area contributed by atoms with Crippen LogP contribution in [0.25, 0.3) is 0 Å². The number of carbonyl (C=O) groups excluding carboxylic acids is 1. The van der Waals surface area contributed by atoms with E-state index in [2.05, 4.69) is 24.1 Å². The second kappa shape index (κ2) is 5.85. The lowest BCUT2D eigenvalue weighted by Gasteiger charge is -2.33. The van der Waals surface area contributed by atoms with Gasteiger partial charge >= 0.3 is 0 Å². The Hall–Kier alpha value is -0.570. The number of nitrogens with one attached hydrogen (secondary N) is 1. The molecule has 1 atom stereocenters. The second-order valence-corrected chi connectivity index (χ2v) is 5.74. The molecule has 2 rings (SSSR count). The predicted molar refractivity (Wildman–Crippen MR) is 69.8 cm³/mol. The molecule has 2 fully saturated rings. The molecule has 1 saturated carbocycles. The fourth-order valence-corrected chi connectivity index (χ4v) is 3.13. The summed E-state index contributed by atoms with van der Waals surface area (Å²) in [7, 11) is 0. The first-order valence-corrected chi connectivity index (χ1v) is 7.26. The van der Waals surface area contributed by atoms with Crippen molar-refractivity contribution in [2.45, 2.75) is 64.5 Å². The summed E-state index contributed by atoms with van der Waals surface area (Å²) in [5.74, 6) is 1.22. The summed E-state index contributed by atoms with van der Waals surface area (Å²) in [4.78, 5) is 14.4. The van der Waals surface area contributed by atoms with E-state index >= 15 is 0 Å². The van der Waals surface area contributed by atoms with E-state index < -0.39 is 0 Å². The van der Waals surface area contributed by atoms with Crippen LogP contribution in [0, 0.1) is 5.92 Å². The van der Waals surface area contributed by atoms with Crippen molar-refractivity contribution in [3.05, 3.63) is 0 Å². The minimum Gasteiger partial charge on any atom is -0.338 e. The Kier molecular flexibility index (Phi) is 4.43. The summed E-state index contributed by atoms with van der Waals surface area (Å²) in [6.07, 6.45) is 7.12. The van der Waals surface area contributed by atoms with Gasteiger partial charge in [0.2, 0.25) is 5.91 Å². The molecule has 2 aliphatic rings.